The topological polar surface area (TPSA) is 41.0 Å². The number of rotatable bonds is 6. The van der Waals surface area contributed by atoms with Crippen LogP contribution in [0.3, 0.4) is 0 Å². The van der Waals surface area contributed by atoms with Gasteiger partial charge in [0.05, 0.1) is 0 Å². The van der Waals surface area contributed by atoms with E-state index in [9.17, 15) is 0 Å². The molecule has 1 saturated heterocycles. The first-order chi connectivity index (χ1) is 9.83. The quantitative estimate of drug-likeness (QED) is 0.872. The highest BCUT2D eigenvalue weighted by atomic mass is 32.2. The summed E-state index contributed by atoms with van der Waals surface area (Å²) in [7, 11) is 0. The van der Waals surface area contributed by atoms with Gasteiger partial charge in [-0.15, -0.1) is 0 Å². The van der Waals surface area contributed by atoms with Gasteiger partial charge in [0.25, 0.3) is 0 Å². The summed E-state index contributed by atoms with van der Waals surface area (Å²) in [4.78, 5) is 11.8. The first-order valence-electron chi connectivity index (χ1n) is 7.78. The standard InChI is InChI=1S/C15H26N4S/c1-3-6-13-17-14(16-7-4-2)12-15(18-13)19-8-5-10-20-11-9-19/h12H,3-11H2,1-2H3,(H,16,17,18). The summed E-state index contributed by atoms with van der Waals surface area (Å²) in [6.45, 7) is 7.53. The van der Waals surface area contributed by atoms with Crippen molar-refractivity contribution < 1.29 is 0 Å². The number of thioether (sulfide) groups is 1. The van der Waals surface area contributed by atoms with Gasteiger partial charge in [-0.25, -0.2) is 9.97 Å². The van der Waals surface area contributed by atoms with Gasteiger partial charge in [-0.2, -0.15) is 11.8 Å². The van der Waals surface area contributed by atoms with Gasteiger partial charge in [-0.1, -0.05) is 13.8 Å². The van der Waals surface area contributed by atoms with Crippen molar-refractivity contribution in [3.05, 3.63) is 11.9 Å². The monoisotopic (exact) mass is 294 g/mol. The Morgan fingerprint density at radius 1 is 1.20 bits per heavy atom. The fourth-order valence-corrected chi connectivity index (χ4v) is 3.19. The molecule has 0 unspecified atom stereocenters. The molecule has 0 radical (unpaired) electrons. The van der Waals surface area contributed by atoms with Crippen LogP contribution in [0.15, 0.2) is 6.07 Å². The lowest BCUT2D eigenvalue weighted by atomic mass is 10.3. The second-order valence-corrected chi connectivity index (χ2v) is 6.38. The van der Waals surface area contributed by atoms with Gasteiger partial charge in [0.2, 0.25) is 0 Å². The minimum atomic E-state index is 0.956. The van der Waals surface area contributed by atoms with Crippen LogP contribution in [0.1, 0.15) is 38.9 Å². The van der Waals surface area contributed by atoms with Crippen LogP contribution in [-0.2, 0) is 6.42 Å². The minimum absolute atomic E-state index is 0.956. The van der Waals surface area contributed by atoms with Gasteiger partial charge < -0.3 is 10.2 Å². The summed E-state index contributed by atoms with van der Waals surface area (Å²) in [5.41, 5.74) is 0. The fraction of sp³-hybridized carbons (Fsp3) is 0.733. The molecule has 0 aliphatic carbocycles. The van der Waals surface area contributed by atoms with Crippen LogP contribution in [0.25, 0.3) is 0 Å². The smallest absolute Gasteiger partial charge is 0.134 e. The third-order valence-corrected chi connectivity index (χ3v) is 4.38. The van der Waals surface area contributed by atoms with E-state index in [0.29, 0.717) is 0 Å². The third-order valence-electron chi connectivity index (χ3n) is 3.33. The molecule has 1 N–H and O–H groups in total. The molecule has 1 fully saturated rings. The average molecular weight is 294 g/mol. The van der Waals surface area contributed by atoms with Crippen LogP contribution in [0, 0.1) is 0 Å². The van der Waals surface area contributed by atoms with Crippen LogP contribution < -0.4 is 10.2 Å². The summed E-state index contributed by atoms with van der Waals surface area (Å²) in [5.74, 6) is 5.53. The van der Waals surface area contributed by atoms with Crippen molar-refractivity contribution in [2.24, 2.45) is 0 Å². The zero-order valence-corrected chi connectivity index (χ0v) is 13.5. The van der Waals surface area contributed by atoms with Gasteiger partial charge >= 0.3 is 0 Å². The van der Waals surface area contributed by atoms with E-state index in [4.69, 9.17) is 4.98 Å². The van der Waals surface area contributed by atoms with E-state index in [1.165, 1.54) is 17.9 Å². The molecule has 1 aromatic heterocycles. The molecule has 2 rings (SSSR count). The molecule has 1 aromatic rings. The summed E-state index contributed by atoms with van der Waals surface area (Å²) in [6.07, 6.45) is 4.40. The second-order valence-electron chi connectivity index (χ2n) is 5.16. The molecule has 0 bridgehead atoms. The van der Waals surface area contributed by atoms with Gasteiger partial charge in [0.15, 0.2) is 0 Å². The Morgan fingerprint density at radius 3 is 2.90 bits per heavy atom. The highest BCUT2D eigenvalue weighted by Crippen LogP contribution is 2.20. The van der Waals surface area contributed by atoms with Crippen LogP contribution in [0.5, 0.6) is 0 Å². The van der Waals surface area contributed by atoms with Crippen molar-refractivity contribution in [1.29, 1.82) is 0 Å². The minimum Gasteiger partial charge on any atom is -0.370 e. The van der Waals surface area contributed by atoms with E-state index in [-0.39, 0.29) is 0 Å². The summed E-state index contributed by atoms with van der Waals surface area (Å²) < 4.78 is 0. The summed E-state index contributed by atoms with van der Waals surface area (Å²) >= 11 is 2.05. The van der Waals surface area contributed by atoms with Gasteiger partial charge in [-0.05, 0) is 25.0 Å². The highest BCUT2D eigenvalue weighted by Gasteiger charge is 2.13. The lowest BCUT2D eigenvalue weighted by Gasteiger charge is -2.22. The zero-order valence-electron chi connectivity index (χ0n) is 12.7. The molecule has 0 atom stereocenters. The van der Waals surface area contributed by atoms with Crippen LogP contribution >= 0.6 is 11.8 Å². The van der Waals surface area contributed by atoms with Crippen molar-refractivity contribution in [2.45, 2.75) is 39.5 Å². The summed E-state index contributed by atoms with van der Waals surface area (Å²) in [6, 6.07) is 2.12. The Labute approximate surface area is 126 Å². The van der Waals surface area contributed by atoms with Crippen LogP contribution in [0.4, 0.5) is 11.6 Å². The molecule has 1 aliphatic rings. The van der Waals surface area contributed by atoms with Crippen molar-refractivity contribution in [3.8, 4) is 0 Å². The zero-order chi connectivity index (χ0) is 14.2. The van der Waals surface area contributed by atoms with Gasteiger partial charge in [0.1, 0.15) is 17.5 Å². The molecule has 5 heteroatoms. The molecule has 112 valence electrons. The second kappa shape index (κ2) is 8.35. The molecule has 2 heterocycles. The Hall–Kier alpha value is -0.970. The number of aromatic nitrogens is 2. The Balaban J connectivity index is 2.17. The highest BCUT2D eigenvalue weighted by molar-refractivity contribution is 7.99. The molecule has 1 aliphatic heterocycles. The van der Waals surface area contributed by atoms with Crippen LogP contribution in [0.2, 0.25) is 0 Å². The lowest BCUT2D eigenvalue weighted by molar-refractivity contribution is 0.774. The van der Waals surface area contributed by atoms with E-state index in [1.54, 1.807) is 0 Å². The van der Waals surface area contributed by atoms with E-state index in [1.807, 2.05) is 11.8 Å². The third kappa shape index (κ3) is 4.54. The summed E-state index contributed by atoms with van der Waals surface area (Å²) in [5, 5.41) is 3.41. The number of nitrogens with one attached hydrogen (secondary N) is 1. The molecule has 20 heavy (non-hydrogen) atoms. The maximum absolute atomic E-state index is 4.76. The molecule has 0 amide bonds. The van der Waals surface area contributed by atoms with E-state index >= 15 is 0 Å². The SMILES string of the molecule is CCCNc1cc(N2CCCSCC2)nc(CCC)n1. The number of anilines is 2. The number of hydrogen-bond acceptors (Lipinski definition) is 5. The van der Waals surface area contributed by atoms with Crippen molar-refractivity contribution in [2.75, 3.05) is 41.4 Å². The fourth-order valence-electron chi connectivity index (χ4n) is 2.30. The van der Waals surface area contributed by atoms with E-state index in [2.05, 4.69) is 35.1 Å². The Bertz CT molecular complexity index is 403. The largest absolute Gasteiger partial charge is 0.370 e. The predicted molar refractivity (Wildman–Crippen MR) is 89.0 cm³/mol. The van der Waals surface area contributed by atoms with E-state index < -0.39 is 0 Å². The van der Waals surface area contributed by atoms with Crippen molar-refractivity contribution >= 4 is 23.4 Å². The molecule has 0 spiro atoms. The molecule has 0 aromatic carbocycles. The molecule has 4 nitrogen and oxygen atoms in total. The molecule has 0 saturated carbocycles. The number of hydrogen-bond donors (Lipinski definition) is 1. The number of aryl methyl sites for hydroxylation is 1. The van der Waals surface area contributed by atoms with E-state index in [0.717, 1.165) is 56.4 Å². The van der Waals surface area contributed by atoms with Crippen LogP contribution in [-0.4, -0.2) is 41.1 Å². The Kier molecular flexibility index (Phi) is 6.43. The van der Waals surface area contributed by atoms with Crippen molar-refractivity contribution in [3.63, 3.8) is 0 Å². The maximum Gasteiger partial charge on any atom is 0.134 e. The Morgan fingerprint density at radius 2 is 2.10 bits per heavy atom. The predicted octanol–water partition coefficient (Wildman–Crippen LogP) is 3.19. The average Bonchev–Trinajstić information content (AvgIpc) is 2.74. The first-order valence-corrected chi connectivity index (χ1v) is 8.93. The normalized spacial score (nSPS) is 16.0. The molecular formula is C15H26N4S. The number of nitrogens with zero attached hydrogens (tertiary/aromatic N) is 3. The molecular weight excluding hydrogens is 268 g/mol. The van der Waals surface area contributed by atoms with Gasteiger partial charge in [-0.3, -0.25) is 0 Å². The maximum atomic E-state index is 4.76. The van der Waals surface area contributed by atoms with Gasteiger partial charge in [0, 0.05) is 37.9 Å². The first kappa shape index (κ1) is 15.4. The lowest BCUT2D eigenvalue weighted by Crippen LogP contribution is -2.27. The van der Waals surface area contributed by atoms with Crippen molar-refractivity contribution in [1.82, 2.24) is 9.97 Å².